The molecule has 2 aromatic carbocycles. The molecule has 17 heavy (non-hydrogen) atoms. The standard InChI is InChI=1S/C12H9NO4/c14-10-4-2-6-12(8-10)17-11-5-1-3-9(7-11)13(15)16/h1-8,14H. The predicted octanol–water partition coefficient (Wildman–Crippen LogP) is 3.09. The summed E-state index contributed by atoms with van der Waals surface area (Å²) in [6, 6.07) is 12.1. The van der Waals surface area contributed by atoms with Crippen molar-refractivity contribution < 1.29 is 14.8 Å². The van der Waals surface area contributed by atoms with Crippen LogP contribution in [0.5, 0.6) is 17.2 Å². The van der Waals surface area contributed by atoms with Gasteiger partial charge in [-0.25, -0.2) is 0 Å². The lowest BCUT2D eigenvalue weighted by Gasteiger charge is -2.05. The molecule has 0 saturated carbocycles. The number of rotatable bonds is 3. The predicted molar refractivity (Wildman–Crippen MR) is 61.3 cm³/mol. The van der Waals surface area contributed by atoms with Gasteiger partial charge < -0.3 is 9.84 Å². The van der Waals surface area contributed by atoms with E-state index >= 15 is 0 Å². The second-order valence-electron chi connectivity index (χ2n) is 3.35. The average Bonchev–Trinajstić information content (AvgIpc) is 2.29. The van der Waals surface area contributed by atoms with Gasteiger partial charge in [0.2, 0.25) is 0 Å². The first-order chi connectivity index (χ1) is 8.15. The summed E-state index contributed by atoms with van der Waals surface area (Å²) >= 11 is 0. The molecule has 2 rings (SSSR count). The lowest BCUT2D eigenvalue weighted by Crippen LogP contribution is -1.89. The summed E-state index contributed by atoms with van der Waals surface area (Å²) in [7, 11) is 0. The van der Waals surface area contributed by atoms with Crippen LogP contribution in [0.1, 0.15) is 0 Å². The number of hydrogen-bond acceptors (Lipinski definition) is 4. The fourth-order valence-corrected chi connectivity index (χ4v) is 1.34. The number of nitro benzene ring substituents is 1. The van der Waals surface area contributed by atoms with Crippen molar-refractivity contribution in [3.05, 3.63) is 58.6 Å². The molecule has 0 saturated heterocycles. The van der Waals surface area contributed by atoms with Crippen molar-refractivity contribution in [2.45, 2.75) is 0 Å². The minimum atomic E-state index is -0.491. The molecule has 0 spiro atoms. The van der Waals surface area contributed by atoms with Crippen molar-refractivity contribution in [1.82, 2.24) is 0 Å². The fraction of sp³-hybridized carbons (Fsp3) is 0. The van der Waals surface area contributed by atoms with Gasteiger partial charge in [0.25, 0.3) is 5.69 Å². The lowest BCUT2D eigenvalue weighted by molar-refractivity contribution is -0.384. The van der Waals surface area contributed by atoms with Gasteiger partial charge in [-0.1, -0.05) is 12.1 Å². The van der Waals surface area contributed by atoms with Crippen molar-refractivity contribution >= 4 is 5.69 Å². The summed E-state index contributed by atoms with van der Waals surface area (Å²) in [5.74, 6) is 0.850. The Morgan fingerprint density at radius 2 is 1.71 bits per heavy atom. The largest absolute Gasteiger partial charge is 0.508 e. The van der Waals surface area contributed by atoms with Gasteiger partial charge in [-0.15, -0.1) is 0 Å². The van der Waals surface area contributed by atoms with Gasteiger partial charge in [0.1, 0.15) is 17.2 Å². The average molecular weight is 231 g/mol. The highest BCUT2D eigenvalue weighted by atomic mass is 16.6. The number of non-ortho nitro benzene ring substituents is 1. The van der Waals surface area contributed by atoms with E-state index in [0.29, 0.717) is 11.5 Å². The van der Waals surface area contributed by atoms with Crippen LogP contribution in [0.2, 0.25) is 0 Å². The first-order valence-electron chi connectivity index (χ1n) is 4.86. The van der Waals surface area contributed by atoms with Crippen molar-refractivity contribution in [3.8, 4) is 17.2 Å². The van der Waals surface area contributed by atoms with Crippen LogP contribution in [-0.4, -0.2) is 10.0 Å². The molecule has 2 aromatic rings. The molecule has 0 atom stereocenters. The highest BCUT2D eigenvalue weighted by Crippen LogP contribution is 2.26. The van der Waals surface area contributed by atoms with E-state index in [1.54, 1.807) is 18.2 Å². The Morgan fingerprint density at radius 1 is 1.06 bits per heavy atom. The maximum absolute atomic E-state index is 10.6. The third kappa shape index (κ3) is 2.72. The van der Waals surface area contributed by atoms with E-state index in [4.69, 9.17) is 4.74 Å². The van der Waals surface area contributed by atoms with E-state index < -0.39 is 4.92 Å². The van der Waals surface area contributed by atoms with E-state index in [2.05, 4.69) is 0 Å². The highest BCUT2D eigenvalue weighted by Gasteiger charge is 2.07. The number of aromatic hydroxyl groups is 1. The first-order valence-corrected chi connectivity index (χ1v) is 4.86. The van der Waals surface area contributed by atoms with E-state index in [-0.39, 0.29) is 11.4 Å². The number of hydrogen-bond donors (Lipinski definition) is 1. The second kappa shape index (κ2) is 4.52. The molecule has 0 bridgehead atoms. The summed E-state index contributed by atoms with van der Waals surface area (Å²) in [5.41, 5.74) is -0.0392. The molecule has 0 aliphatic rings. The highest BCUT2D eigenvalue weighted by molar-refractivity contribution is 5.41. The smallest absolute Gasteiger partial charge is 0.273 e. The molecular weight excluding hydrogens is 222 g/mol. The van der Waals surface area contributed by atoms with E-state index in [0.717, 1.165) is 0 Å². The van der Waals surface area contributed by atoms with Crippen LogP contribution in [0, 0.1) is 10.1 Å². The Labute approximate surface area is 97.0 Å². The van der Waals surface area contributed by atoms with Crippen LogP contribution < -0.4 is 4.74 Å². The van der Waals surface area contributed by atoms with E-state index in [1.807, 2.05) is 0 Å². The second-order valence-corrected chi connectivity index (χ2v) is 3.35. The van der Waals surface area contributed by atoms with Crippen LogP contribution in [0.4, 0.5) is 5.69 Å². The van der Waals surface area contributed by atoms with Gasteiger partial charge in [-0.05, 0) is 18.2 Å². The van der Waals surface area contributed by atoms with Crippen molar-refractivity contribution in [3.63, 3.8) is 0 Å². The lowest BCUT2D eigenvalue weighted by atomic mass is 10.3. The van der Waals surface area contributed by atoms with Crippen molar-refractivity contribution in [1.29, 1.82) is 0 Å². The zero-order valence-electron chi connectivity index (χ0n) is 8.74. The number of phenolic OH excluding ortho intramolecular Hbond substituents is 1. The number of nitro groups is 1. The Morgan fingerprint density at radius 3 is 2.35 bits per heavy atom. The molecule has 0 radical (unpaired) electrons. The minimum Gasteiger partial charge on any atom is -0.508 e. The first kappa shape index (κ1) is 10.9. The normalized spacial score (nSPS) is 9.88. The molecule has 0 fully saturated rings. The minimum absolute atomic E-state index is 0.0392. The van der Waals surface area contributed by atoms with Crippen LogP contribution >= 0.6 is 0 Å². The SMILES string of the molecule is O=[N+]([O-])c1cccc(Oc2cccc(O)c2)c1. The molecule has 0 unspecified atom stereocenters. The van der Waals surface area contributed by atoms with Gasteiger partial charge in [0.05, 0.1) is 11.0 Å². The Hall–Kier alpha value is -2.56. The quantitative estimate of drug-likeness (QED) is 0.650. The molecule has 0 amide bonds. The Bertz CT molecular complexity index is 554. The number of benzene rings is 2. The Balaban J connectivity index is 2.24. The maximum atomic E-state index is 10.6. The molecular formula is C12H9NO4. The summed E-state index contributed by atoms with van der Waals surface area (Å²) in [5, 5.41) is 19.8. The molecule has 0 aliphatic heterocycles. The van der Waals surface area contributed by atoms with Gasteiger partial charge in [-0.2, -0.15) is 0 Å². The zero-order chi connectivity index (χ0) is 12.3. The Kier molecular flexibility index (Phi) is 2.91. The summed E-state index contributed by atoms with van der Waals surface area (Å²) in [6.45, 7) is 0. The van der Waals surface area contributed by atoms with Crippen LogP contribution in [0.15, 0.2) is 48.5 Å². The van der Waals surface area contributed by atoms with Crippen molar-refractivity contribution in [2.24, 2.45) is 0 Å². The molecule has 5 nitrogen and oxygen atoms in total. The number of ether oxygens (including phenoxy) is 1. The molecule has 1 N–H and O–H groups in total. The molecule has 0 heterocycles. The molecule has 0 aliphatic carbocycles. The third-order valence-corrected chi connectivity index (χ3v) is 2.08. The topological polar surface area (TPSA) is 72.6 Å². The molecule has 5 heteroatoms. The van der Waals surface area contributed by atoms with Crippen LogP contribution in [0.25, 0.3) is 0 Å². The fourth-order valence-electron chi connectivity index (χ4n) is 1.34. The van der Waals surface area contributed by atoms with Crippen LogP contribution in [-0.2, 0) is 0 Å². The number of phenols is 1. The van der Waals surface area contributed by atoms with Crippen molar-refractivity contribution in [2.75, 3.05) is 0 Å². The van der Waals surface area contributed by atoms with Gasteiger partial charge >= 0.3 is 0 Å². The van der Waals surface area contributed by atoms with Gasteiger partial charge in [-0.3, -0.25) is 10.1 Å². The summed E-state index contributed by atoms with van der Waals surface area (Å²) in [6.07, 6.45) is 0. The summed E-state index contributed by atoms with van der Waals surface area (Å²) < 4.78 is 5.39. The van der Waals surface area contributed by atoms with E-state index in [1.165, 1.54) is 30.3 Å². The maximum Gasteiger partial charge on any atom is 0.273 e. The molecule has 86 valence electrons. The monoisotopic (exact) mass is 231 g/mol. The molecule has 0 aromatic heterocycles. The summed E-state index contributed by atoms with van der Waals surface area (Å²) in [4.78, 5) is 10.1. The van der Waals surface area contributed by atoms with E-state index in [9.17, 15) is 15.2 Å². The zero-order valence-corrected chi connectivity index (χ0v) is 8.74. The van der Waals surface area contributed by atoms with Gasteiger partial charge in [0, 0.05) is 12.1 Å². The third-order valence-electron chi connectivity index (χ3n) is 2.08. The van der Waals surface area contributed by atoms with Crippen LogP contribution in [0.3, 0.4) is 0 Å². The van der Waals surface area contributed by atoms with Gasteiger partial charge in [0.15, 0.2) is 0 Å². The number of nitrogens with zero attached hydrogens (tertiary/aromatic N) is 1.